The Morgan fingerprint density at radius 1 is 1.06 bits per heavy atom. The summed E-state index contributed by atoms with van der Waals surface area (Å²) in [5.41, 5.74) is 1.21. The van der Waals surface area contributed by atoms with Crippen molar-refractivity contribution in [1.82, 2.24) is 0 Å². The van der Waals surface area contributed by atoms with Gasteiger partial charge in [0.1, 0.15) is 6.54 Å². The second kappa shape index (κ2) is 7.56. The summed E-state index contributed by atoms with van der Waals surface area (Å²) < 4.78 is 10.5. The van der Waals surface area contributed by atoms with Gasteiger partial charge in [0.05, 0.1) is 27.3 Å². The Kier molecular flexibility index (Phi) is 6.01. The molecule has 98 valence electrons. The highest BCUT2D eigenvalue weighted by Gasteiger charge is 2.09. The Balaban J connectivity index is 2.82. The van der Waals surface area contributed by atoms with Gasteiger partial charge in [0, 0.05) is 5.56 Å². The third-order valence-electron chi connectivity index (χ3n) is 2.77. The molecule has 0 aliphatic carbocycles. The third kappa shape index (κ3) is 3.93. The minimum atomic E-state index is 0.759. The fourth-order valence-corrected chi connectivity index (χ4v) is 1.92. The van der Waals surface area contributed by atoms with Crippen LogP contribution in [0.25, 0.3) is 0 Å². The van der Waals surface area contributed by atoms with Crippen LogP contribution in [0, 0.1) is 0 Å². The van der Waals surface area contributed by atoms with Crippen LogP contribution in [-0.2, 0) is 6.54 Å². The van der Waals surface area contributed by atoms with E-state index in [2.05, 4.69) is 19.2 Å². The molecule has 0 spiro atoms. The van der Waals surface area contributed by atoms with Gasteiger partial charge in [-0.05, 0) is 30.4 Å². The summed E-state index contributed by atoms with van der Waals surface area (Å²) in [5.74, 6) is 1.53. The molecule has 3 heteroatoms. The molecule has 0 aromatic heterocycles. The molecule has 0 heterocycles. The van der Waals surface area contributed by atoms with Crippen molar-refractivity contribution >= 4 is 0 Å². The predicted octanol–water partition coefficient (Wildman–Crippen LogP) is 1.46. The van der Waals surface area contributed by atoms with E-state index in [1.54, 1.807) is 14.2 Å². The largest absolute Gasteiger partial charge is 0.493 e. The van der Waals surface area contributed by atoms with E-state index in [0.29, 0.717) is 0 Å². The van der Waals surface area contributed by atoms with E-state index in [9.17, 15) is 0 Å². The van der Waals surface area contributed by atoms with E-state index >= 15 is 0 Å². The Hall–Kier alpha value is -1.74. The molecule has 3 nitrogen and oxygen atoms in total. The monoisotopic (exact) mass is 248 g/mol. The summed E-state index contributed by atoms with van der Waals surface area (Å²) in [5, 5.41) is 0. The lowest BCUT2D eigenvalue weighted by atomic mass is 10.2. The van der Waals surface area contributed by atoms with Crippen LogP contribution in [0.3, 0.4) is 0 Å². The van der Waals surface area contributed by atoms with Crippen molar-refractivity contribution in [1.29, 1.82) is 0 Å². The Morgan fingerprint density at radius 3 is 2.17 bits per heavy atom. The molecule has 0 saturated heterocycles. The normalized spacial score (nSPS) is 10.2. The lowest BCUT2D eigenvalue weighted by Gasteiger charge is -2.17. The van der Waals surface area contributed by atoms with Crippen molar-refractivity contribution < 1.29 is 14.4 Å². The molecular weight excluding hydrogens is 226 g/mol. The first-order valence-corrected chi connectivity index (χ1v) is 6.01. The number of ether oxygens (including phenoxy) is 2. The van der Waals surface area contributed by atoms with Crippen LogP contribution in [0.1, 0.15) is 5.56 Å². The maximum absolute atomic E-state index is 5.30. The minimum Gasteiger partial charge on any atom is -0.493 e. The van der Waals surface area contributed by atoms with Crippen molar-refractivity contribution in [2.45, 2.75) is 6.54 Å². The molecule has 0 aliphatic heterocycles. The number of hydrogen-bond acceptors (Lipinski definition) is 2. The lowest BCUT2D eigenvalue weighted by molar-refractivity contribution is -0.902. The number of methoxy groups -OCH3 is 2. The maximum Gasteiger partial charge on any atom is 0.161 e. The number of rotatable bonds is 8. The molecule has 1 N–H and O–H groups in total. The smallest absolute Gasteiger partial charge is 0.161 e. The quantitative estimate of drug-likeness (QED) is 0.704. The molecule has 18 heavy (non-hydrogen) atoms. The zero-order valence-electron chi connectivity index (χ0n) is 11.2. The van der Waals surface area contributed by atoms with Gasteiger partial charge in [0.25, 0.3) is 0 Å². The van der Waals surface area contributed by atoms with Gasteiger partial charge in [-0.3, -0.25) is 0 Å². The SMILES string of the molecule is C=CC[NH+](CC=C)Cc1ccc(OC)c(OC)c1. The summed E-state index contributed by atoms with van der Waals surface area (Å²) in [4.78, 5) is 1.40. The Morgan fingerprint density at radius 2 is 1.67 bits per heavy atom. The second-order valence-corrected chi connectivity index (χ2v) is 4.10. The third-order valence-corrected chi connectivity index (χ3v) is 2.77. The Labute approximate surface area is 109 Å². The minimum absolute atomic E-state index is 0.759. The Bertz CT molecular complexity index is 391. The van der Waals surface area contributed by atoms with Gasteiger partial charge in [-0.15, -0.1) is 0 Å². The predicted molar refractivity (Wildman–Crippen MR) is 74.3 cm³/mol. The van der Waals surface area contributed by atoms with Crippen LogP contribution in [0.4, 0.5) is 0 Å². The number of quaternary nitrogens is 1. The molecule has 0 aliphatic rings. The first kappa shape index (κ1) is 14.3. The van der Waals surface area contributed by atoms with E-state index in [4.69, 9.17) is 9.47 Å². The van der Waals surface area contributed by atoms with E-state index in [1.807, 2.05) is 24.3 Å². The molecule has 0 fully saturated rings. The van der Waals surface area contributed by atoms with E-state index in [-0.39, 0.29) is 0 Å². The highest BCUT2D eigenvalue weighted by molar-refractivity contribution is 5.42. The van der Waals surface area contributed by atoms with E-state index in [0.717, 1.165) is 31.1 Å². The van der Waals surface area contributed by atoms with Crippen molar-refractivity contribution in [2.24, 2.45) is 0 Å². The van der Waals surface area contributed by atoms with Gasteiger partial charge in [-0.1, -0.05) is 13.2 Å². The number of hydrogen-bond donors (Lipinski definition) is 1. The van der Waals surface area contributed by atoms with Gasteiger partial charge in [0.15, 0.2) is 11.5 Å². The zero-order valence-corrected chi connectivity index (χ0v) is 11.2. The van der Waals surface area contributed by atoms with Crippen LogP contribution in [0.5, 0.6) is 11.5 Å². The molecule has 0 amide bonds. The van der Waals surface area contributed by atoms with Crippen LogP contribution in [0.15, 0.2) is 43.5 Å². The summed E-state index contributed by atoms with van der Waals surface area (Å²) >= 11 is 0. The van der Waals surface area contributed by atoms with E-state index < -0.39 is 0 Å². The van der Waals surface area contributed by atoms with Gasteiger partial charge >= 0.3 is 0 Å². The van der Waals surface area contributed by atoms with E-state index in [1.165, 1.54) is 10.5 Å². The summed E-state index contributed by atoms with van der Waals surface area (Å²) in [7, 11) is 3.30. The highest BCUT2D eigenvalue weighted by Crippen LogP contribution is 2.27. The second-order valence-electron chi connectivity index (χ2n) is 4.10. The first-order chi connectivity index (χ1) is 8.74. The van der Waals surface area contributed by atoms with Crippen molar-refractivity contribution in [2.75, 3.05) is 27.3 Å². The first-order valence-electron chi connectivity index (χ1n) is 6.01. The van der Waals surface area contributed by atoms with Gasteiger partial charge in [-0.25, -0.2) is 0 Å². The molecule has 0 unspecified atom stereocenters. The molecule has 1 aromatic rings. The molecular formula is C15H22NO2+. The molecule has 0 saturated carbocycles. The summed E-state index contributed by atoms with van der Waals surface area (Å²) in [6.45, 7) is 10.3. The highest BCUT2D eigenvalue weighted by atomic mass is 16.5. The zero-order chi connectivity index (χ0) is 13.4. The van der Waals surface area contributed by atoms with Crippen LogP contribution in [0.2, 0.25) is 0 Å². The molecule has 1 rings (SSSR count). The van der Waals surface area contributed by atoms with Crippen LogP contribution < -0.4 is 14.4 Å². The molecule has 0 bridgehead atoms. The fourth-order valence-electron chi connectivity index (χ4n) is 1.92. The van der Waals surface area contributed by atoms with Crippen molar-refractivity contribution in [3.8, 4) is 11.5 Å². The average molecular weight is 248 g/mol. The lowest BCUT2D eigenvalue weighted by Crippen LogP contribution is -3.10. The van der Waals surface area contributed by atoms with Gasteiger partial charge < -0.3 is 14.4 Å². The van der Waals surface area contributed by atoms with Crippen molar-refractivity contribution in [3.63, 3.8) is 0 Å². The molecule has 0 atom stereocenters. The van der Waals surface area contributed by atoms with Gasteiger partial charge in [-0.2, -0.15) is 0 Å². The summed E-state index contributed by atoms with van der Waals surface area (Å²) in [6, 6.07) is 6.02. The van der Waals surface area contributed by atoms with Crippen LogP contribution in [-0.4, -0.2) is 27.3 Å². The molecule has 1 aromatic carbocycles. The summed E-state index contributed by atoms with van der Waals surface area (Å²) in [6.07, 6.45) is 3.86. The fraction of sp³-hybridized carbons (Fsp3) is 0.333. The maximum atomic E-state index is 5.30. The standard InChI is InChI=1S/C15H21NO2/c1-5-9-16(10-6-2)12-13-7-8-14(17-3)15(11-13)18-4/h5-8,11H,1-2,9-10,12H2,3-4H3/p+1. The topological polar surface area (TPSA) is 22.9 Å². The average Bonchev–Trinajstić information content (AvgIpc) is 2.39. The van der Waals surface area contributed by atoms with Crippen molar-refractivity contribution in [3.05, 3.63) is 49.1 Å². The van der Waals surface area contributed by atoms with Crippen LogP contribution >= 0.6 is 0 Å². The number of nitrogens with one attached hydrogen (secondary N) is 1. The molecule has 0 radical (unpaired) electrons. The van der Waals surface area contributed by atoms with Gasteiger partial charge in [0.2, 0.25) is 0 Å². The number of benzene rings is 1.